The highest BCUT2D eigenvalue weighted by molar-refractivity contribution is 7.18. The number of likely N-dealkylation sites (N-methyl/N-ethyl adjacent to an activating group) is 1. The fourth-order valence-corrected chi connectivity index (χ4v) is 3.26. The lowest BCUT2D eigenvalue weighted by Crippen LogP contribution is -2.44. The van der Waals surface area contributed by atoms with Gasteiger partial charge in [-0.3, -0.25) is 9.78 Å². The summed E-state index contributed by atoms with van der Waals surface area (Å²) in [5, 5.41) is 0.845. The second-order valence-corrected chi connectivity index (χ2v) is 6.02. The summed E-state index contributed by atoms with van der Waals surface area (Å²) in [5.74, 6) is -0.450. The van der Waals surface area contributed by atoms with E-state index in [0.717, 1.165) is 31.3 Å². The van der Waals surface area contributed by atoms with Crippen LogP contribution in [0.3, 0.4) is 0 Å². The van der Waals surface area contributed by atoms with Crippen molar-refractivity contribution in [1.29, 1.82) is 0 Å². The van der Waals surface area contributed by atoms with Crippen molar-refractivity contribution in [3.8, 4) is 11.4 Å². The number of piperazine rings is 1. The zero-order valence-electron chi connectivity index (χ0n) is 11.8. The van der Waals surface area contributed by atoms with Crippen LogP contribution in [-0.4, -0.2) is 54.0 Å². The maximum atomic E-state index is 11.7. The van der Waals surface area contributed by atoms with Crippen molar-refractivity contribution in [1.82, 2.24) is 14.9 Å². The van der Waals surface area contributed by atoms with Gasteiger partial charge in [0, 0.05) is 32.4 Å². The zero-order valence-corrected chi connectivity index (χ0v) is 12.6. The minimum absolute atomic E-state index is 0.450. The van der Waals surface area contributed by atoms with Gasteiger partial charge >= 0.3 is 0 Å². The SMILES string of the molecule is CN1CCN(c2nc(-c3ccccn3)c(C(N)=O)s2)CC1. The van der Waals surface area contributed by atoms with Gasteiger partial charge in [0.05, 0.1) is 5.69 Å². The Bertz CT molecular complexity index is 634. The summed E-state index contributed by atoms with van der Waals surface area (Å²) in [6, 6.07) is 5.55. The molecule has 0 aliphatic carbocycles. The normalized spacial score (nSPS) is 16.1. The van der Waals surface area contributed by atoms with Crippen LogP contribution in [0.1, 0.15) is 9.67 Å². The van der Waals surface area contributed by atoms with Crippen molar-refractivity contribution >= 4 is 22.4 Å². The highest BCUT2D eigenvalue weighted by Crippen LogP contribution is 2.32. The predicted molar refractivity (Wildman–Crippen MR) is 83.6 cm³/mol. The summed E-state index contributed by atoms with van der Waals surface area (Å²) in [6.45, 7) is 3.79. The van der Waals surface area contributed by atoms with Crippen LogP contribution in [0.25, 0.3) is 11.4 Å². The van der Waals surface area contributed by atoms with Gasteiger partial charge < -0.3 is 15.5 Å². The van der Waals surface area contributed by atoms with Gasteiger partial charge in [-0.15, -0.1) is 0 Å². The van der Waals surface area contributed by atoms with Crippen LogP contribution >= 0.6 is 11.3 Å². The minimum atomic E-state index is -0.450. The Morgan fingerprint density at radius 3 is 2.67 bits per heavy atom. The van der Waals surface area contributed by atoms with Gasteiger partial charge in [-0.2, -0.15) is 0 Å². The Kier molecular flexibility index (Phi) is 3.85. The Hall–Kier alpha value is -1.99. The summed E-state index contributed by atoms with van der Waals surface area (Å²) in [4.78, 5) is 25.5. The number of hydrogen-bond donors (Lipinski definition) is 1. The van der Waals surface area contributed by atoms with Crippen molar-refractivity contribution < 1.29 is 4.79 Å². The molecule has 0 unspecified atom stereocenters. The monoisotopic (exact) mass is 303 g/mol. The molecular formula is C14H17N5OS. The zero-order chi connectivity index (χ0) is 14.8. The molecule has 7 heteroatoms. The van der Waals surface area contributed by atoms with E-state index in [4.69, 9.17) is 5.73 Å². The van der Waals surface area contributed by atoms with E-state index in [1.165, 1.54) is 11.3 Å². The van der Waals surface area contributed by atoms with E-state index >= 15 is 0 Å². The average Bonchev–Trinajstić information content (AvgIpc) is 2.94. The first-order valence-corrected chi connectivity index (χ1v) is 7.62. The third kappa shape index (κ3) is 2.88. The second-order valence-electron chi connectivity index (χ2n) is 5.04. The van der Waals surface area contributed by atoms with Crippen LogP contribution in [-0.2, 0) is 0 Å². The Morgan fingerprint density at radius 2 is 2.05 bits per heavy atom. The van der Waals surface area contributed by atoms with E-state index in [9.17, 15) is 4.79 Å². The van der Waals surface area contributed by atoms with Crippen LogP contribution in [0.2, 0.25) is 0 Å². The van der Waals surface area contributed by atoms with E-state index in [-0.39, 0.29) is 0 Å². The van der Waals surface area contributed by atoms with Gasteiger partial charge in [0.25, 0.3) is 5.91 Å². The van der Waals surface area contributed by atoms with E-state index < -0.39 is 5.91 Å². The number of nitrogens with zero attached hydrogens (tertiary/aromatic N) is 4. The van der Waals surface area contributed by atoms with Gasteiger partial charge in [-0.1, -0.05) is 17.4 Å². The topological polar surface area (TPSA) is 75.3 Å². The lowest BCUT2D eigenvalue weighted by atomic mass is 10.2. The Balaban J connectivity index is 1.95. The number of carbonyl (C=O) groups excluding carboxylic acids is 1. The van der Waals surface area contributed by atoms with Crippen molar-refractivity contribution in [3.63, 3.8) is 0 Å². The van der Waals surface area contributed by atoms with Crippen molar-refractivity contribution in [2.45, 2.75) is 0 Å². The summed E-state index contributed by atoms with van der Waals surface area (Å²) in [5.41, 5.74) is 6.76. The molecule has 3 heterocycles. The van der Waals surface area contributed by atoms with Crippen molar-refractivity contribution in [2.24, 2.45) is 5.73 Å². The number of aromatic nitrogens is 2. The molecule has 1 aliphatic rings. The predicted octanol–water partition coefficient (Wildman–Crippen LogP) is 1.06. The number of nitrogens with two attached hydrogens (primary N) is 1. The average molecular weight is 303 g/mol. The van der Waals surface area contributed by atoms with E-state index in [1.807, 2.05) is 18.2 Å². The summed E-state index contributed by atoms with van der Waals surface area (Å²) < 4.78 is 0. The van der Waals surface area contributed by atoms with Crippen LogP contribution in [0.15, 0.2) is 24.4 Å². The van der Waals surface area contributed by atoms with E-state index in [2.05, 4.69) is 26.8 Å². The molecule has 1 aliphatic heterocycles. The number of anilines is 1. The third-order valence-corrected chi connectivity index (χ3v) is 4.65. The second kappa shape index (κ2) is 5.79. The number of pyridine rings is 1. The molecule has 1 fully saturated rings. The first-order chi connectivity index (χ1) is 10.1. The maximum Gasteiger partial charge on any atom is 0.261 e. The number of amides is 1. The third-order valence-electron chi connectivity index (χ3n) is 3.52. The lowest BCUT2D eigenvalue weighted by Gasteiger charge is -2.32. The highest BCUT2D eigenvalue weighted by Gasteiger charge is 2.23. The highest BCUT2D eigenvalue weighted by atomic mass is 32.1. The number of carbonyl (C=O) groups is 1. The molecule has 0 saturated carbocycles. The van der Waals surface area contributed by atoms with Gasteiger partial charge in [0.15, 0.2) is 5.13 Å². The molecule has 6 nitrogen and oxygen atoms in total. The molecule has 3 rings (SSSR count). The molecule has 110 valence electrons. The largest absolute Gasteiger partial charge is 0.365 e. The summed E-state index contributed by atoms with van der Waals surface area (Å²) >= 11 is 1.35. The van der Waals surface area contributed by atoms with Crippen LogP contribution in [0.4, 0.5) is 5.13 Å². The summed E-state index contributed by atoms with van der Waals surface area (Å²) in [7, 11) is 2.10. The maximum absolute atomic E-state index is 11.7. The van der Waals surface area contributed by atoms with Gasteiger partial charge in [-0.05, 0) is 19.2 Å². The van der Waals surface area contributed by atoms with Crippen LogP contribution in [0.5, 0.6) is 0 Å². The molecule has 0 atom stereocenters. The van der Waals surface area contributed by atoms with Gasteiger partial charge in [0.2, 0.25) is 0 Å². The molecule has 0 aromatic carbocycles. The minimum Gasteiger partial charge on any atom is -0.365 e. The van der Waals surface area contributed by atoms with Crippen molar-refractivity contribution in [2.75, 3.05) is 38.1 Å². The smallest absolute Gasteiger partial charge is 0.261 e. The fraction of sp³-hybridized carbons (Fsp3) is 0.357. The lowest BCUT2D eigenvalue weighted by molar-refractivity contribution is 0.100. The standard InChI is InChI=1S/C14H17N5OS/c1-18-6-8-19(9-7-18)14-17-11(12(21-14)13(15)20)10-4-2-3-5-16-10/h2-5H,6-9H2,1H3,(H2,15,20). The first-order valence-electron chi connectivity index (χ1n) is 6.80. The van der Waals surface area contributed by atoms with Gasteiger partial charge in [0.1, 0.15) is 10.6 Å². The molecule has 2 N–H and O–H groups in total. The molecule has 0 radical (unpaired) electrons. The van der Waals surface area contributed by atoms with Crippen LogP contribution < -0.4 is 10.6 Å². The fourth-order valence-electron chi connectivity index (χ4n) is 2.29. The summed E-state index contributed by atoms with van der Waals surface area (Å²) in [6.07, 6.45) is 1.69. The molecule has 1 saturated heterocycles. The number of rotatable bonds is 3. The molecule has 1 amide bonds. The molecule has 2 aromatic heterocycles. The van der Waals surface area contributed by atoms with Gasteiger partial charge in [-0.25, -0.2) is 4.98 Å². The molecule has 21 heavy (non-hydrogen) atoms. The Labute approximate surface area is 127 Å². The number of thiazole rings is 1. The molecule has 0 spiro atoms. The Morgan fingerprint density at radius 1 is 1.29 bits per heavy atom. The van der Waals surface area contributed by atoms with Crippen LogP contribution in [0, 0.1) is 0 Å². The molecular weight excluding hydrogens is 286 g/mol. The number of primary amides is 1. The molecule has 0 bridgehead atoms. The molecule has 2 aromatic rings. The van der Waals surface area contributed by atoms with E-state index in [0.29, 0.717) is 16.3 Å². The van der Waals surface area contributed by atoms with Crippen molar-refractivity contribution in [3.05, 3.63) is 29.3 Å². The van der Waals surface area contributed by atoms with E-state index in [1.54, 1.807) is 6.20 Å². The quantitative estimate of drug-likeness (QED) is 0.917. The first kappa shape index (κ1) is 14.0. The number of hydrogen-bond acceptors (Lipinski definition) is 6.